The van der Waals surface area contributed by atoms with Gasteiger partial charge in [-0.05, 0) is 18.2 Å². The van der Waals surface area contributed by atoms with E-state index in [0.717, 1.165) is 17.9 Å². The maximum atomic E-state index is 5.53. The van der Waals surface area contributed by atoms with Gasteiger partial charge >= 0.3 is 0 Å². The number of aromatic nitrogens is 1. The van der Waals surface area contributed by atoms with Gasteiger partial charge in [0.1, 0.15) is 6.79 Å². The van der Waals surface area contributed by atoms with Crippen molar-refractivity contribution in [2.45, 2.75) is 38.5 Å². The Morgan fingerprint density at radius 1 is 1.30 bits per heavy atom. The summed E-state index contributed by atoms with van der Waals surface area (Å²) in [4.78, 5) is 4.34. The first-order valence-corrected chi connectivity index (χ1v) is 10.7. The lowest BCUT2D eigenvalue weighted by molar-refractivity contribution is -0.0530. The number of hydrogen-bond donors (Lipinski definition) is 0. The Kier molecular flexibility index (Phi) is 6.93. The third kappa shape index (κ3) is 6.85. The summed E-state index contributed by atoms with van der Waals surface area (Å²) in [7, 11) is -1.01. The first-order chi connectivity index (χ1) is 9.42. The maximum absolute atomic E-state index is 5.53. The third-order valence-corrected chi connectivity index (χ3v) is 4.69. The molecule has 0 spiro atoms. The lowest BCUT2D eigenvalue weighted by Gasteiger charge is -2.16. The topological polar surface area (TPSA) is 31.4 Å². The van der Waals surface area contributed by atoms with Crippen LogP contribution in [-0.2, 0) is 9.47 Å². The zero-order valence-corrected chi connectivity index (χ0v) is 14.0. The fraction of sp³-hybridized carbons (Fsp3) is 0.562. The summed E-state index contributed by atoms with van der Waals surface area (Å²) in [6, 6.07) is 5.03. The van der Waals surface area contributed by atoms with Crippen molar-refractivity contribution in [1.29, 1.82) is 0 Å². The standard InChI is InChI=1S/C16H25NO2Si/c1-6-15-7-8-16(17-11-15)14(2)12-19-13-18-9-10-20(3,4)5/h1,7-8,11,14H,9-10,12-13H2,2-5H3. The molecule has 1 unspecified atom stereocenters. The van der Waals surface area contributed by atoms with Gasteiger partial charge in [0, 0.05) is 38.1 Å². The summed E-state index contributed by atoms with van der Waals surface area (Å²) >= 11 is 0. The van der Waals surface area contributed by atoms with E-state index in [1.165, 1.54) is 6.04 Å². The SMILES string of the molecule is C#Cc1ccc(C(C)COCOCC[Si](C)(C)C)nc1. The second kappa shape index (κ2) is 8.20. The van der Waals surface area contributed by atoms with E-state index in [1.807, 2.05) is 12.1 Å². The monoisotopic (exact) mass is 291 g/mol. The van der Waals surface area contributed by atoms with Gasteiger partial charge in [-0.15, -0.1) is 6.42 Å². The van der Waals surface area contributed by atoms with Crippen LogP contribution in [0.25, 0.3) is 0 Å². The minimum atomic E-state index is -1.01. The highest BCUT2D eigenvalue weighted by molar-refractivity contribution is 6.76. The highest BCUT2D eigenvalue weighted by Crippen LogP contribution is 2.13. The highest BCUT2D eigenvalue weighted by atomic mass is 28.3. The van der Waals surface area contributed by atoms with E-state index in [1.54, 1.807) is 6.20 Å². The summed E-state index contributed by atoms with van der Waals surface area (Å²) in [5.74, 6) is 2.80. The van der Waals surface area contributed by atoms with Crippen LogP contribution in [0.2, 0.25) is 25.7 Å². The molecule has 3 nitrogen and oxygen atoms in total. The molecule has 0 saturated heterocycles. The zero-order valence-electron chi connectivity index (χ0n) is 13.0. The van der Waals surface area contributed by atoms with Crippen molar-refractivity contribution in [1.82, 2.24) is 4.98 Å². The molecule has 0 radical (unpaired) electrons. The molecule has 0 amide bonds. The van der Waals surface area contributed by atoms with Crippen molar-refractivity contribution in [3.63, 3.8) is 0 Å². The van der Waals surface area contributed by atoms with Crippen LogP contribution in [0.4, 0.5) is 0 Å². The Morgan fingerprint density at radius 3 is 2.60 bits per heavy atom. The van der Waals surface area contributed by atoms with Crippen molar-refractivity contribution in [3.05, 3.63) is 29.6 Å². The van der Waals surface area contributed by atoms with Crippen molar-refractivity contribution in [2.75, 3.05) is 20.0 Å². The van der Waals surface area contributed by atoms with E-state index in [9.17, 15) is 0 Å². The van der Waals surface area contributed by atoms with Gasteiger partial charge < -0.3 is 9.47 Å². The molecule has 1 rings (SSSR count). The van der Waals surface area contributed by atoms with Crippen molar-refractivity contribution in [2.24, 2.45) is 0 Å². The number of nitrogens with zero attached hydrogens (tertiary/aromatic N) is 1. The van der Waals surface area contributed by atoms with Gasteiger partial charge in [-0.1, -0.05) is 32.5 Å². The highest BCUT2D eigenvalue weighted by Gasteiger charge is 2.12. The maximum Gasteiger partial charge on any atom is 0.146 e. The van der Waals surface area contributed by atoms with E-state index < -0.39 is 8.07 Å². The van der Waals surface area contributed by atoms with Gasteiger partial charge in [-0.25, -0.2) is 0 Å². The number of terminal acetylenes is 1. The van der Waals surface area contributed by atoms with Crippen LogP contribution < -0.4 is 0 Å². The van der Waals surface area contributed by atoms with Gasteiger partial charge in [-0.2, -0.15) is 0 Å². The van der Waals surface area contributed by atoms with Crippen LogP contribution in [0.3, 0.4) is 0 Å². The van der Waals surface area contributed by atoms with Gasteiger partial charge in [0.15, 0.2) is 0 Å². The molecule has 4 heteroatoms. The largest absolute Gasteiger partial charge is 0.356 e. The first-order valence-electron chi connectivity index (χ1n) is 7.00. The lowest BCUT2D eigenvalue weighted by Crippen LogP contribution is -2.22. The Labute approximate surface area is 123 Å². The molecule has 0 N–H and O–H groups in total. The molecular weight excluding hydrogens is 266 g/mol. The van der Waals surface area contributed by atoms with Crippen molar-refractivity contribution in [3.8, 4) is 12.3 Å². The Balaban J connectivity index is 2.20. The second-order valence-electron chi connectivity index (χ2n) is 6.22. The smallest absolute Gasteiger partial charge is 0.146 e. The number of ether oxygens (including phenoxy) is 2. The van der Waals surface area contributed by atoms with Gasteiger partial charge in [0.2, 0.25) is 0 Å². The summed E-state index contributed by atoms with van der Waals surface area (Å²) in [6.07, 6.45) is 7.02. The minimum absolute atomic E-state index is 0.238. The van der Waals surface area contributed by atoms with Gasteiger partial charge in [0.05, 0.1) is 6.61 Å². The van der Waals surface area contributed by atoms with Crippen LogP contribution in [0.1, 0.15) is 24.1 Å². The predicted octanol–water partition coefficient (Wildman–Crippen LogP) is 3.50. The Morgan fingerprint density at radius 2 is 2.05 bits per heavy atom. The summed E-state index contributed by atoms with van der Waals surface area (Å²) in [5, 5.41) is 0. The number of hydrogen-bond acceptors (Lipinski definition) is 3. The fourth-order valence-electron chi connectivity index (χ4n) is 1.59. The molecule has 0 aliphatic rings. The van der Waals surface area contributed by atoms with Crippen LogP contribution in [0.15, 0.2) is 18.3 Å². The van der Waals surface area contributed by atoms with Crippen LogP contribution in [0.5, 0.6) is 0 Å². The normalized spacial score (nSPS) is 12.9. The third-order valence-electron chi connectivity index (χ3n) is 2.99. The zero-order chi connectivity index (χ0) is 15.0. The quantitative estimate of drug-likeness (QED) is 0.318. The summed E-state index contributed by atoms with van der Waals surface area (Å²) in [5.41, 5.74) is 1.79. The molecule has 1 atom stereocenters. The van der Waals surface area contributed by atoms with Gasteiger partial charge in [0.25, 0.3) is 0 Å². The summed E-state index contributed by atoms with van der Waals surface area (Å²) in [6.45, 7) is 10.9. The molecular formula is C16H25NO2Si. The fourth-order valence-corrected chi connectivity index (χ4v) is 2.35. The second-order valence-corrected chi connectivity index (χ2v) is 11.8. The molecule has 0 aliphatic heterocycles. The molecule has 20 heavy (non-hydrogen) atoms. The molecule has 0 aliphatic carbocycles. The number of rotatable bonds is 8. The van der Waals surface area contributed by atoms with Gasteiger partial charge in [-0.3, -0.25) is 4.98 Å². The average Bonchev–Trinajstić information content (AvgIpc) is 2.41. The molecule has 0 bridgehead atoms. The molecule has 0 aromatic carbocycles. The predicted molar refractivity (Wildman–Crippen MR) is 85.5 cm³/mol. The van der Waals surface area contributed by atoms with Crippen LogP contribution >= 0.6 is 0 Å². The summed E-state index contributed by atoms with van der Waals surface area (Å²) < 4.78 is 11.0. The molecule has 1 aromatic rings. The lowest BCUT2D eigenvalue weighted by atomic mass is 10.1. The average molecular weight is 291 g/mol. The first kappa shape index (κ1) is 16.9. The van der Waals surface area contributed by atoms with E-state index in [4.69, 9.17) is 15.9 Å². The molecule has 0 saturated carbocycles. The number of pyridine rings is 1. The van der Waals surface area contributed by atoms with E-state index in [2.05, 4.69) is 37.5 Å². The molecule has 110 valence electrons. The Bertz CT molecular complexity index is 431. The van der Waals surface area contributed by atoms with Crippen LogP contribution in [-0.4, -0.2) is 33.1 Å². The molecule has 0 fully saturated rings. The van der Waals surface area contributed by atoms with Crippen molar-refractivity contribution >= 4 is 8.07 Å². The van der Waals surface area contributed by atoms with E-state index in [0.29, 0.717) is 13.4 Å². The molecule has 1 aromatic heterocycles. The molecule has 1 heterocycles. The van der Waals surface area contributed by atoms with Crippen molar-refractivity contribution < 1.29 is 9.47 Å². The van der Waals surface area contributed by atoms with E-state index in [-0.39, 0.29) is 5.92 Å². The van der Waals surface area contributed by atoms with E-state index >= 15 is 0 Å². The minimum Gasteiger partial charge on any atom is -0.356 e. The Hall–Kier alpha value is -1.15. The van der Waals surface area contributed by atoms with Crippen LogP contribution in [0, 0.1) is 12.3 Å².